The Morgan fingerprint density at radius 1 is 0.964 bits per heavy atom. The molecule has 0 fully saturated rings. The molecule has 0 saturated heterocycles. The summed E-state index contributed by atoms with van der Waals surface area (Å²) >= 11 is 6.44. The molecule has 0 aliphatic carbocycles. The van der Waals surface area contributed by atoms with Gasteiger partial charge in [-0.2, -0.15) is 0 Å². The summed E-state index contributed by atoms with van der Waals surface area (Å²) in [4.78, 5) is 4.44. The Balaban J connectivity index is 2.05. The van der Waals surface area contributed by atoms with Crippen LogP contribution in [0.15, 0.2) is 55.0 Å². The van der Waals surface area contributed by atoms with Crippen LogP contribution in [0.1, 0.15) is 16.8 Å². The zero-order chi connectivity index (χ0) is 20.3. The van der Waals surface area contributed by atoms with Crippen molar-refractivity contribution in [1.29, 1.82) is 0 Å². The van der Waals surface area contributed by atoms with Crippen LogP contribution < -0.4 is 10.6 Å². The smallest absolute Gasteiger partial charge is 0.131 e. The molecule has 4 nitrogen and oxygen atoms in total. The van der Waals surface area contributed by atoms with Crippen molar-refractivity contribution in [1.82, 2.24) is 10.3 Å². The predicted molar refractivity (Wildman–Crippen MR) is 118 cm³/mol. The lowest BCUT2D eigenvalue weighted by atomic mass is 9.95. The van der Waals surface area contributed by atoms with Crippen LogP contribution >= 0.6 is 11.6 Å². The van der Waals surface area contributed by atoms with E-state index in [0.717, 1.165) is 44.8 Å². The summed E-state index contributed by atoms with van der Waals surface area (Å²) in [5.74, 6) is 0.225. The first-order chi connectivity index (χ1) is 13.4. The van der Waals surface area contributed by atoms with E-state index in [1.165, 1.54) is 0 Å². The largest absolute Gasteiger partial charge is 0.507 e. The second-order valence-corrected chi connectivity index (χ2v) is 7.20. The molecule has 3 rings (SSSR count). The van der Waals surface area contributed by atoms with Gasteiger partial charge in [0.05, 0.1) is 10.7 Å². The summed E-state index contributed by atoms with van der Waals surface area (Å²) in [5, 5.41) is 17.6. The van der Waals surface area contributed by atoms with E-state index in [4.69, 9.17) is 11.6 Å². The second kappa shape index (κ2) is 8.36. The monoisotopic (exact) mass is 393 g/mol. The molecule has 1 aromatic heterocycles. The fourth-order valence-electron chi connectivity index (χ4n) is 3.02. The van der Waals surface area contributed by atoms with Gasteiger partial charge in [0.25, 0.3) is 0 Å². The minimum absolute atomic E-state index is 0.225. The lowest BCUT2D eigenvalue weighted by Crippen LogP contribution is -1.96. The molecule has 0 atom stereocenters. The molecule has 3 aromatic rings. The van der Waals surface area contributed by atoms with Gasteiger partial charge in [0.2, 0.25) is 0 Å². The van der Waals surface area contributed by atoms with Gasteiger partial charge in [-0.3, -0.25) is 4.98 Å². The molecule has 5 heteroatoms. The molecular formula is C23H24ClN3O. The Hall–Kier alpha value is -2.98. The maximum Gasteiger partial charge on any atom is 0.131 e. The molecule has 28 heavy (non-hydrogen) atoms. The molecule has 0 bridgehead atoms. The van der Waals surface area contributed by atoms with Crippen LogP contribution in [0.4, 0.5) is 5.69 Å². The molecule has 144 valence electrons. The molecule has 0 saturated carbocycles. The van der Waals surface area contributed by atoms with Gasteiger partial charge in [0, 0.05) is 48.0 Å². The summed E-state index contributed by atoms with van der Waals surface area (Å²) in [7, 11) is 1.83. The van der Waals surface area contributed by atoms with Crippen molar-refractivity contribution in [3.63, 3.8) is 0 Å². The lowest BCUT2D eigenvalue weighted by Gasteiger charge is -2.14. The first-order valence-electron chi connectivity index (χ1n) is 9.06. The average Bonchev–Trinajstić information content (AvgIpc) is 2.67. The number of aromatic nitrogens is 1. The number of nitrogens with zero attached hydrogens (tertiary/aromatic N) is 1. The minimum atomic E-state index is 0.225. The maximum absolute atomic E-state index is 11.0. The van der Waals surface area contributed by atoms with E-state index in [2.05, 4.69) is 21.7 Å². The van der Waals surface area contributed by atoms with Gasteiger partial charge in [0.15, 0.2) is 0 Å². The van der Waals surface area contributed by atoms with Gasteiger partial charge in [-0.05, 0) is 67.8 Å². The number of benzene rings is 2. The number of phenols is 1. The van der Waals surface area contributed by atoms with E-state index in [1.807, 2.05) is 58.2 Å². The van der Waals surface area contributed by atoms with Gasteiger partial charge in [-0.15, -0.1) is 0 Å². The van der Waals surface area contributed by atoms with Crippen molar-refractivity contribution >= 4 is 17.3 Å². The quantitative estimate of drug-likeness (QED) is 0.512. The summed E-state index contributed by atoms with van der Waals surface area (Å²) < 4.78 is 0. The molecule has 3 N–H and O–H groups in total. The highest BCUT2D eigenvalue weighted by atomic mass is 35.5. The fraction of sp³-hybridized carbons (Fsp3) is 0.174. The highest BCUT2D eigenvalue weighted by molar-refractivity contribution is 6.33. The van der Waals surface area contributed by atoms with Crippen molar-refractivity contribution in [3.05, 3.63) is 76.8 Å². The minimum Gasteiger partial charge on any atom is -0.507 e. The van der Waals surface area contributed by atoms with Gasteiger partial charge in [-0.25, -0.2) is 0 Å². The van der Waals surface area contributed by atoms with Crippen LogP contribution in [0.3, 0.4) is 0 Å². The van der Waals surface area contributed by atoms with Gasteiger partial charge < -0.3 is 15.7 Å². The van der Waals surface area contributed by atoms with Crippen molar-refractivity contribution in [2.45, 2.75) is 20.8 Å². The third kappa shape index (κ3) is 4.12. The zero-order valence-electron chi connectivity index (χ0n) is 16.5. The van der Waals surface area contributed by atoms with Crippen molar-refractivity contribution in [2.24, 2.45) is 0 Å². The maximum atomic E-state index is 11.0. The number of aryl methyl sites for hydroxylation is 3. The number of pyridine rings is 1. The molecule has 0 amide bonds. The van der Waals surface area contributed by atoms with E-state index < -0.39 is 0 Å². The second-order valence-electron chi connectivity index (χ2n) is 6.80. The summed E-state index contributed by atoms with van der Waals surface area (Å²) in [6.07, 6.45) is 5.35. The van der Waals surface area contributed by atoms with Crippen LogP contribution in [0.5, 0.6) is 5.75 Å². The zero-order valence-corrected chi connectivity index (χ0v) is 17.2. The Morgan fingerprint density at radius 3 is 2.32 bits per heavy atom. The first kappa shape index (κ1) is 19.8. The number of hydrogen-bond donors (Lipinski definition) is 3. The normalized spacial score (nSPS) is 11.0. The van der Waals surface area contributed by atoms with E-state index in [1.54, 1.807) is 18.6 Å². The molecule has 0 spiro atoms. The number of phenolic OH excluding ortho intramolecular Hbond substituents is 1. The number of rotatable bonds is 5. The van der Waals surface area contributed by atoms with Crippen LogP contribution in [-0.2, 0) is 0 Å². The standard InChI is InChI=1S/C23H24ClN3O/c1-14-9-19(17-5-6-22(21(24)12-17)26-8-7-25-4)23(28)20(10-14)18-11-15(2)16(3)27-13-18/h5-13,25-26,28H,1-4H3/b8-7-. The van der Waals surface area contributed by atoms with E-state index in [-0.39, 0.29) is 5.75 Å². The molecule has 1 heterocycles. The van der Waals surface area contributed by atoms with Crippen LogP contribution in [0.2, 0.25) is 5.02 Å². The van der Waals surface area contributed by atoms with Crippen LogP contribution in [0, 0.1) is 20.8 Å². The van der Waals surface area contributed by atoms with E-state index in [0.29, 0.717) is 5.02 Å². The number of aromatic hydroxyl groups is 1. The third-order valence-electron chi connectivity index (χ3n) is 4.67. The Bertz CT molecular complexity index is 1040. The molecule has 0 unspecified atom stereocenters. The topological polar surface area (TPSA) is 57.2 Å². The summed E-state index contributed by atoms with van der Waals surface area (Å²) in [5.41, 5.74) is 7.18. The highest BCUT2D eigenvalue weighted by Crippen LogP contribution is 2.40. The SMILES string of the molecule is CN/C=C\Nc1ccc(-c2cc(C)cc(-c3cnc(C)c(C)c3)c2O)cc1Cl. The van der Waals surface area contributed by atoms with E-state index >= 15 is 0 Å². The number of hydrogen-bond acceptors (Lipinski definition) is 4. The van der Waals surface area contributed by atoms with E-state index in [9.17, 15) is 5.11 Å². The van der Waals surface area contributed by atoms with Gasteiger partial charge in [-0.1, -0.05) is 17.7 Å². The average molecular weight is 394 g/mol. The fourth-order valence-corrected chi connectivity index (χ4v) is 3.26. The van der Waals surface area contributed by atoms with Crippen LogP contribution in [0.25, 0.3) is 22.3 Å². The van der Waals surface area contributed by atoms with Gasteiger partial charge in [0.1, 0.15) is 5.75 Å². The van der Waals surface area contributed by atoms with Gasteiger partial charge >= 0.3 is 0 Å². The van der Waals surface area contributed by atoms with Crippen LogP contribution in [-0.4, -0.2) is 17.1 Å². The Morgan fingerprint density at radius 2 is 1.68 bits per heavy atom. The Labute approximate surface area is 170 Å². The Kier molecular flexibility index (Phi) is 5.90. The molecule has 0 radical (unpaired) electrons. The molecule has 0 aliphatic heterocycles. The third-order valence-corrected chi connectivity index (χ3v) is 4.99. The van der Waals surface area contributed by atoms with Crippen molar-refractivity contribution < 1.29 is 5.11 Å². The predicted octanol–water partition coefficient (Wildman–Crippen LogP) is 5.80. The summed E-state index contributed by atoms with van der Waals surface area (Å²) in [6, 6.07) is 11.7. The first-order valence-corrected chi connectivity index (χ1v) is 9.44. The van der Waals surface area contributed by atoms with Crippen molar-refractivity contribution in [3.8, 4) is 28.0 Å². The number of anilines is 1. The number of halogens is 1. The molecule has 2 aromatic carbocycles. The molecular weight excluding hydrogens is 370 g/mol. The number of nitrogens with one attached hydrogen (secondary N) is 2. The van der Waals surface area contributed by atoms with Crippen molar-refractivity contribution in [2.75, 3.05) is 12.4 Å². The lowest BCUT2D eigenvalue weighted by molar-refractivity contribution is 0.479. The highest BCUT2D eigenvalue weighted by Gasteiger charge is 2.14. The molecule has 0 aliphatic rings. The summed E-state index contributed by atoms with van der Waals surface area (Å²) in [6.45, 7) is 6.01.